The van der Waals surface area contributed by atoms with Crippen LogP contribution >= 0.6 is 0 Å². The fourth-order valence-electron chi connectivity index (χ4n) is 2.84. The smallest absolute Gasteiger partial charge is 0.272 e. The first-order valence-corrected chi connectivity index (χ1v) is 7.93. The molecule has 5 nitrogen and oxygen atoms in total. The lowest BCUT2D eigenvalue weighted by molar-refractivity contribution is 0.0689. The lowest BCUT2D eigenvalue weighted by Crippen LogP contribution is -2.41. The van der Waals surface area contributed by atoms with E-state index in [1.807, 2.05) is 4.90 Å². The van der Waals surface area contributed by atoms with Gasteiger partial charge in [-0.1, -0.05) is 0 Å². The van der Waals surface area contributed by atoms with E-state index in [9.17, 15) is 9.18 Å². The van der Waals surface area contributed by atoms with Crippen LogP contribution in [0.2, 0.25) is 0 Å². The van der Waals surface area contributed by atoms with Crippen LogP contribution in [0.15, 0.2) is 30.3 Å². The Morgan fingerprint density at radius 2 is 2.00 bits per heavy atom. The van der Waals surface area contributed by atoms with E-state index >= 15 is 0 Å². The topological polar surface area (TPSA) is 47.4 Å². The van der Waals surface area contributed by atoms with Crippen LogP contribution in [-0.4, -0.2) is 33.7 Å². The fraction of sp³-hybridized carbons (Fsp3) is 0.412. The summed E-state index contributed by atoms with van der Waals surface area (Å²) in [6.45, 7) is 2.58. The van der Waals surface area contributed by atoms with Crippen LogP contribution in [0.25, 0.3) is 0 Å². The van der Waals surface area contributed by atoms with Gasteiger partial charge in [0, 0.05) is 13.1 Å². The van der Waals surface area contributed by atoms with Crippen LogP contribution in [-0.2, 0) is 13.2 Å². The first-order chi connectivity index (χ1) is 11.2. The molecule has 2 aliphatic rings. The van der Waals surface area contributed by atoms with Crippen molar-refractivity contribution in [2.24, 2.45) is 5.92 Å². The molecule has 1 aliphatic carbocycles. The van der Waals surface area contributed by atoms with E-state index < -0.39 is 0 Å². The predicted molar refractivity (Wildman–Crippen MR) is 81.6 cm³/mol. The number of amides is 1. The van der Waals surface area contributed by atoms with E-state index in [1.54, 1.807) is 22.9 Å². The normalized spacial score (nSPS) is 17.3. The molecule has 0 bridgehead atoms. The van der Waals surface area contributed by atoms with Gasteiger partial charge in [-0.05, 0) is 49.1 Å². The van der Waals surface area contributed by atoms with Gasteiger partial charge in [-0.3, -0.25) is 9.48 Å². The first-order valence-electron chi connectivity index (χ1n) is 7.93. The zero-order chi connectivity index (χ0) is 15.8. The Balaban J connectivity index is 1.43. The minimum Gasteiger partial charge on any atom is -0.487 e. The maximum absolute atomic E-state index is 12.9. The van der Waals surface area contributed by atoms with Gasteiger partial charge in [0.25, 0.3) is 5.91 Å². The molecule has 0 atom stereocenters. The van der Waals surface area contributed by atoms with Crippen LogP contribution in [0.3, 0.4) is 0 Å². The number of hydrogen-bond donors (Lipinski definition) is 0. The molecule has 0 N–H and O–H groups in total. The SMILES string of the molecule is O=C1c2cc(COc3ccc(F)cc3)nn2CCN1CC1CC1. The van der Waals surface area contributed by atoms with Crippen molar-refractivity contribution >= 4 is 5.91 Å². The Morgan fingerprint density at radius 1 is 1.22 bits per heavy atom. The van der Waals surface area contributed by atoms with Crippen LogP contribution in [0.1, 0.15) is 29.0 Å². The minimum absolute atomic E-state index is 0.0590. The van der Waals surface area contributed by atoms with Gasteiger partial charge >= 0.3 is 0 Å². The van der Waals surface area contributed by atoms with Gasteiger partial charge in [-0.25, -0.2) is 4.39 Å². The molecule has 120 valence electrons. The number of carbonyl (C=O) groups excluding carboxylic acids is 1. The molecule has 2 aromatic rings. The van der Waals surface area contributed by atoms with E-state index in [-0.39, 0.29) is 18.3 Å². The molecule has 1 aliphatic heterocycles. The summed E-state index contributed by atoms with van der Waals surface area (Å²) in [5.41, 5.74) is 1.35. The molecular weight excluding hydrogens is 297 g/mol. The Morgan fingerprint density at radius 3 is 2.74 bits per heavy atom. The van der Waals surface area contributed by atoms with Crippen molar-refractivity contribution < 1.29 is 13.9 Å². The fourth-order valence-corrected chi connectivity index (χ4v) is 2.84. The Bertz CT molecular complexity index is 722. The molecule has 0 spiro atoms. The molecule has 4 rings (SSSR count). The lowest BCUT2D eigenvalue weighted by atomic mass is 10.2. The highest BCUT2D eigenvalue weighted by Gasteiger charge is 2.31. The average Bonchev–Trinajstić information content (AvgIpc) is 3.27. The minimum atomic E-state index is -0.295. The zero-order valence-electron chi connectivity index (χ0n) is 12.7. The third-order valence-electron chi connectivity index (χ3n) is 4.29. The van der Waals surface area contributed by atoms with Crippen LogP contribution in [0.4, 0.5) is 4.39 Å². The Kier molecular flexibility index (Phi) is 3.52. The lowest BCUT2D eigenvalue weighted by Gasteiger charge is -2.27. The Hall–Kier alpha value is -2.37. The quantitative estimate of drug-likeness (QED) is 0.851. The van der Waals surface area contributed by atoms with Gasteiger partial charge in [-0.2, -0.15) is 5.10 Å². The van der Waals surface area contributed by atoms with E-state index in [4.69, 9.17) is 4.74 Å². The monoisotopic (exact) mass is 315 g/mol. The van der Waals surface area contributed by atoms with Crippen LogP contribution in [0, 0.1) is 11.7 Å². The third-order valence-corrected chi connectivity index (χ3v) is 4.29. The number of rotatable bonds is 5. The van der Waals surface area contributed by atoms with Crippen molar-refractivity contribution in [2.75, 3.05) is 13.1 Å². The predicted octanol–water partition coefficient (Wildman–Crippen LogP) is 2.47. The second kappa shape index (κ2) is 5.68. The number of fused-ring (bicyclic) bond motifs is 1. The molecule has 0 radical (unpaired) electrons. The number of hydrogen-bond acceptors (Lipinski definition) is 3. The zero-order valence-corrected chi connectivity index (χ0v) is 12.7. The second-order valence-electron chi connectivity index (χ2n) is 6.18. The first kappa shape index (κ1) is 14.2. The summed E-state index contributed by atoms with van der Waals surface area (Å²) in [5.74, 6) is 1.04. The molecule has 6 heteroatoms. The largest absolute Gasteiger partial charge is 0.487 e. The molecule has 1 saturated carbocycles. The van der Waals surface area contributed by atoms with Crippen molar-refractivity contribution in [3.63, 3.8) is 0 Å². The third kappa shape index (κ3) is 3.06. The van der Waals surface area contributed by atoms with Gasteiger partial charge in [0.15, 0.2) is 0 Å². The van der Waals surface area contributed by atoms with Gasteiger partial charge in [0.1, 0.15) is 29.6 Å². The van der Waals surface area contributed by atoms with E-state index in [0.29, 0.717) is 23.1 Å². The number of benzene rings is 1. The standard InChI is InChI=1S/C17H18FN3O2/c18-13-3-5-15(6-4-13)23-11-14-9-16-17(22)20(10-12-1-2-12)7-8-21(16)19-14/h3-6,9,12H,1-2,7-8,10-11H2. The molecule has 1 fully saturated rings. The summed E-state index contributed by atoms with van der Waals surface area (Å²) >= 11 is 0. The number of ether oxygens (including phenoxy) is 1. The maximum Gasteiger partial charge on any atom is 0.272 e. The molecule has 1 amide bonds. The summed E-state index contributed by atoms with van der Waals surface area (Å²) in [7, 11) is 0. The summed E-state index contributed by atoms with van der Waals surface area (Å²) in [6.07, 6.45) is 2.47. The van der Waals surface area contributed by atoms with Crippen molar-refractivity contribution in [1.82, 2.24) is 14.7 Å². The van der Waals surface area contributed by atoms with Crippen LogP contribution in [0.5, 0.6) is 5.75 Å². The van der Waals surface area contributed by atoms with E-state index in [2.05, 4.69) is 5.10 Å². The number of aromatic nitrogens is 2. The average molecular weight is 315 g/mol. The second-order valence-corrected chi connectivity index (χ2v) is 6.18. The number of carbonyl (C=O) groups is 1. The van der Waals surface area contributed by atoms with Crippen molar-refractivity contribution in [2.45, 2.75) is 26.0 Å². The van der Waals surface area contributed by atoms with Crippen LogP contribution < -0.4 is 4.74 Å². The van der Waals surface area contributed by atoms with E-state index in [0.717, 1.165) is 19.6 Å². The summed E-state index contributed by atoms with van der Waals surface area (Å²) in [5, 5.41) is 4.43. The van der Waals surface area contributed by atoms with Gasteiger partial charge in [0.05, 0.1) is 6.54 Å². The molecular formula is C17H18FN3O2. The highest BCUT2D eigenvalue weighted by molar-refractivity contribution is 5.93. The highest BCUT2D eigenvalue weighted by atomic mass is 19.1. The molecule has 23 heavy (non-hydrogen) atoms. The van der Waals surface area contributed by atoms with Crippen molar-refractivity contribution in [3.8, 4) is 5.75 Å². The molecule has 1 aromatic heterocycles. The number of halogens is 1. The van der Waals surface area contributed by atoms with E-state index in [1.165, 1.54) is 25.0 Å². The van der Waals surface area contributed by atoms with Gasteiger partial charge in [-0.15, -0.1) is 0 Å². The van der Waals surface area contributed by atoms with Gasteiger partial charge < -0.3 is 9.64 Å². The molecule has 2 heterocycles. The maximum atomic E-state index is 12.9. The highest BCUT2D eigenvalue weighted by Crippen LogP contribution is 2.30. The Labute approximate surface area is 133 Å². The molecule has 0 unspecified atom stereocenters. The number of nitrogens with zero attached hydrogens (tertiary/aromatic N) is 3. The summed E-state index contributed by atoms with van der Waals surface area (Å²) < 4.78 is 20.2. The van der Waals surface area contributed by atoms with Crippen molar-refractivity contribution in [3.05, 3.63) is 47.5 Å². The summed E-state index contributed by atoms with van der Waals surface area (Å²) in [6, 6.07) is 7.66. The summed E-state index contributed by atoms with van der Waals surface area (Å²) in [4.78, 5) is 14.4. The van der Waals surface area contributed by atoms with Gasteiger partial charge in [0.2, 0.25) is 0 Å². The van der Waals surface area contributed by atoms with Crippen molar-refractivity contribution in [1.29, 1.82) is 0 Å². The molecule has 0 saturated heterocycles. The molecule has 1 aromatic carbocycles.